The van der Waals surface area contributed by atoms with Gasteiger partial charge in [0, 0.05) is 12.3 Å². The van der Waals surface area contributed by atoms with Gasteiger partial charge >= 0.3 is 6.03 Å². The third-order valence-corrected chi connectivity index (χ3v) is 5.71. The molecule has 1 aliphatic carbocycles. The van der Waals surface area contributed by atoms with E-state index in [1.807, 2.05) is 48.5 Å². The van der Waals surface area contributed by atoms with Crippen molar-refractivity contribution in [3.8, 4) is 0 Å². The number of rotatable bonds is 2. The quantitative estimate of drug-likeness (QED) is 0.647. The largest absolute Gasteiger partial charge is 0.329 e. The highest BCUT2D eigenvalue weighted by Crippen LogP contribution is 2.47. The molecule has 132 valence electrons. The van der Waals surface area contributed by atoms with Gasteiger partial charge in [0.25, 0.3) is 5.91 Å². The van der Waals surface area contributed by atoms with E-state index in [1.165, 1.54) is 16.0 Å². The molecular weight excluding hydrogens is 324 g/mol. The number of carbonyl (C=O) groups excluding carboxylic acids is 2. The summed E-state index contributed by atoms with van der Waals surface area (Å²) in [4.78, 5) is 27.6. The minimum Gasteiger partial charge on any atom is -0.322 e. The first-order valence-electron chi connectivity index (χ1n) is 8.95. The van der Waals surface area contributed by atoms with Crippen molar-refractivity contribution in [1.82, 2.24) is 5.32 Å². The van der Waals surface area contributed by atoms with Gasteiger partial charge in [0.05, 0.1) is 5.69 Å². The highest BCUT2D eigenvalue weighted by molar-refractivity contribution is 6.24. The van der Waals surface area contributed by atoms with Crippen LogP contribution in [0.25, 0.3) is 0 Å². The Morgan fingerprint density at radius 2 is 1.54 bits per heavy atom. The molecule has 2 aromatic rings. The normalized spacial score (nSPS) is 25.8. The third-order valence-electron chi connectivity index (χ3n) is 5.71. The molecule has 1 unspecified atom stereocenters. The first kappa shape index (κ1) is 16.6. The maximum atomic E-state index is 13.5. The molecule has 1 aliphatic heterocycles. The third kappa shape index (κ3) is 2.45. The molecule has 1 fully saturated rings. The summed E-state index contributed by atoms with van der Waals surface area (Å²) in [7, 11) is 0. The van der Waals surface area contributed by atoms with Crippen LogP contribution in [0.15, 0.2) is 71.8 Å². The summed E-state index contributed by atoms with van der Waals surface area (Å²) < 4.78 is 0. The molecule has 2 aromatic carbocycles. The average molecular weight is 346 g/mol. The van der Waals surface area contributed by atoms with Crippen LogP contribution < -0.4 is 10.2 Å². The molecule has 1 N–H and O–H groups in total. The predicted octanol–water partition coefficient (Wildman–Crippen LogP) is 4.40. The molecule has 1 saturated heterocycles. The van der Waals surface area contributed by atoms with E-state index < -0.39 is 5.54 Å². The Bertz CT molecular complexity index is 889. The molecule has 4 rings (SSSR count). The summed E-state index contributed by atoms with van der Waals surface area (Å²) in [6.07, 6.45) is 1.32. The van der Waals surface area contributed by atoms with Crippen LogP contribution in [-0.2, 0) is 4.79 Å². The Labute approximate surface area is 153 Å². The van der Waals surface area contributed by atoms with Crippen LogP contribution in [0, 0.1) is 0 Å². The molecule has 26 heavy (non-hydrogen) atoms. The van der Waals surface area contributed by atoms with Crippen LogP contribution >= 0.6 is 0 Å². The molecule has 2 aliphatic rings. The molecular formula is C22H22N2O2. The number of urea groups is 1. The first-order valence-corrected chi connectivity index (χ1v) is 8.95. The van der Waals surface area contributed by atoms with Gasteiger partial charge in [-0.1, -0.05) is 59.7 Å². The number of hydrogen-bond acceptors (Lipinski definition) is 2. The molecule has 0 radical (unpaired) electrons. The number of amides is 3. The second-order valence-electron chi connectivity index (χ2n) is 7.28. The molecule has 4 nitrogen and oxygen atoms in total. The van der Waals surface area contributed by atoms with Crippen molar-refractivity contribution in [2.45, 2.75) is 38.1 Å². The molecule has 0 aromatic heterocycles. The zero-order chi connectivity index (χ0) is 18.3. The second kappa shape index (κ2) is 6.13. The molecule has 4 heteroatoms. The fourth-order valence-electron chi connectivity index (χ4n) is 4.19. The number of para-hydroxylation sites is 1. The molecule has 1 spiro atoms. The molecule has 0 bridgehead atoms. The van der Waals surface area contributed by atoms with E-state index in [4.69, 9.17) is 0 Å². The lowest BCUT2D eigenvalue weighted by Gasteiger charge is -2.40. The van der Waals surface area contributed by atoms with E-state index in [2.05, 4.69) is 19.2 Å². The van der Waals surface area contributed by atoms with Crippen molar-refractivity contribution >= 4 is 17.6 Å². The topological polar surface area (TPSA) is 49.4 Å². The van der Waals surface area contributed by atoms with Crippen LogP contribution in [0.2, 0.25) is 0 Å². The Kier molecular flexibility index (Phi) is 3.91. The standard InChI is InChI=1S/C22H22N2O2/c1-15-13-19(17-9-5-3-6-10-17)22(14-16(15)2)20(25)24(21(26)23-22)18-11-7-4-8-12-18/h3-12,19H,13-14H2,1-2H3,(H,23,26)/t19?,22-/m0/s1. The SMILES string of the molecule is CC1=C(C)C[C@]2(NC(=O)N(c3ccccc3)C2=O)C(c2ccccc2)C1. The minimum atomic E-state index is -0.919. The van der Waals surface area contributed by atoms with Gasteiger partial charge in [-0.15, -0.1) is 0 Å². The zero-order valence-electron chi connectivity index (χ0n) is 15.0. The smallest absolute Gasteiger partial charge is 0.322 e. The number of carbonyl (C=O) groups is 2. The van der Waals surface area contributed by atoms with Gasteiger partial charge in [-0.05, 0) is 38.0 Å². The first-order chi connectivity index (χ1) is 12.5. The van der Waals surface area contributed by atoms with E-state index >= 15 is 0 Å². The molecule has 3 amide bonds. The fraction of sp³-hybridized carbons (Fsp3) is 0.273. The van der Waals surface area contributed by atoms with Crippen LogP contribution in [0.5, 0.6) is 0 Å². The number of nitrogens with zero attached hydrogens (tertiary/aromatic N) is 1. The van der Waals surface area contributed by atoms with E-state index in [0.29, 0.717) is 12.1 Å². The van der Waals surface area contributed by atoms with Crippen molar-refractivity contribution in [3.05, 3.63) is 77.4 Å². The van der Waals surface area contributed by atoms with Gasteiger partial charge in [-0.25, -0.2) is 9.69 Å². The van der Waals surface area contributed by atoms with Crippen LogP contribution in [0.3, 0.4) is 0 Å². The van der Waals surface area contributed by atoms with Gasteiger partial charge < -0.3 is 5.32 Å². The highest BCUT2D eigenvalue weighted by Gasteiger charge is 2.57. The van der Waals surface area contributed by atoms with E-state index in [1.54, 1.807) is 12.1 Å². The van der Waals surface area contributed by atoms with Crippen LogP contribution in [0.4, 0.5) is 10.5 Å². The second-order valence-corrected chi connectivity index (χ2v) is 7.28. The lowest BCUT2D eigenvalue weighted by atomic mass is 9.68. The van der Waals surface area contributed by atoms with Crippen LogP contribution in [-0.4, -0.2) is 17.5 Å². The molecule has 1 heterocycles. The Morgan fingerprint density at radius 1 is 0.923 bits per heavy atom. The highest BCUT2D eigenvalue weighted by atomic mass is 16.2. The summed E-state index contributed by atoms with van der Waals surface area (Å²) in [5.41, 5.74) is 3.26. The minimum absolute atomic E-state index is 0.0717. The van der Waals surface area contributed by atoms with E-state index in [-0.39, 0.29) is 17.9 Å². The number of allylic oxidation sites excluding steroid dienone is 1. The number of nitrogens with one attached hydrogen (secondary N) is 1. The average Bonchev–Trinajstić information content (AvgIpc) is 2.90. The predicted molar refractivity (Wildman–Crippen MR) is 102 cm³/mol. The number of hydrogen-bond donors (Lipinski definition) is 1. The van der Waals surface area contributed by atoms with Crippen molar-refractivity contribution in [2.75, 3.05) is 4.90 Å². The summed E-state index contributed by atoms with van der Waals surface area (Å²) >= 11 is 0. The lowest BCUT2D eigenvalue weighted by molar-refractivity contribution is -0.123. The fourth-order valence-corrected chi connectivity index (χ4v) is 4.19. The molecule has 2 atom stereocenters. The summed E-state index contributed by atoms with van der Waals surface area (Å²) in [6, 6.07) is 18.8. The van der Waals surface area contributed by atoms with Crippen molar-refractivity contribution < 1.29 is 9.59 Å². The van der Waals surface area contributed by atoms with Gasteiger partial charge in [-0.3, -0.25) is 4.79 Å². The van der Waals surface area contributed by atoms with E-state index in [0.717, 1.165) is 12.0 Å². The monoisotopic (exact) mass is 346 g/mol. The van der Waals surface area contributed by atoms with Gasteiger partial charge in [0.15, 0.2) is 0 Å². The van der Waals surface area contributed by atoms with Crippen molar-refractivity contribution in [2.24, 2.45) is 0 Å². The maximum absolute atomic E-state index is 13.5. The Morgan fingerprint density at radius 3 is 2.19 bits per heavy atom. The van der Waals surface area contributed by atoms with Gasteiger partial charge in [0.1, 0.15) is 5.54 Å². The lowest BCUT2D eigenvalue weighted by Crippen LogP contribution is -2.54. The maximum Gasteiger partial charge on any atom is 0.329 e. The number of benzene rings is 2. The summed E-state index contributed by atoms with van der Waals surface area (Å²) in [6.45, 7) is 4.18. The van der Waals surface area contributed by atoms with Crippen molar-refractivity contribution in [3.63, 3.8) is 0 Å². The van der Waals surface area contributed by atoms with Crippen LogP contribution in [0.1, 0.15) is 38.2 Å². The summed E-state index contributed by atoms with van der Waals surface area (Å²) in [5.74, 6) is -0.230. The van der Waals surface area contributed by atoms with E-state index in [9.17, 15) is 9.59 Å². The Hall–Kier alpha value is -2.88. The number of imide groups is 1. The summed E-state index contributed by atoms with van der Waals surface area (Å²) in [5, 5.41) is 3.07. The van der Waals surface area contributed by atoms with Gasteiger partial charge in [0.2, 0.25) is 0 Å². The van der Waals surface area contributed by atoms with Gasteiger partial charge in [-0.2, -0.15) is 0 Å². The number of anilines is 1. The Balaban J connectivity index is 1.82. The molecule has 0 saturated carbocycles. The zero-order valence-corrected chi connectivity index (χ0v) is 15.0. The van der Waals surface area contributed by atoms with Crippen molar-refractivity contribution in [1.29, 1.82) is 0 Å².